The summed E-state index contributed by atoms with van der Waals surface area (Å²) in [6.07, 6.45) is 0. The monoisotopic (exact) mass is 472 g/mol. The third kappa shape index (κ3) is 4.19. The van der Waals surface area contributed by atoms with Crippen molar-refractivity contribution in [3.8, 4) is 5.75 Å². The van der Waals surface area contributed by atoms with Gasteiger partial charge in [0.2, 0.25) is 0 Å². The molecule has 168 valence electrons. The Labute approximate surface area is 163 Å². The molecular formula is C15H18F6O6S2. The first kappa shape index (κ1) is 25.5. The molecule has 1 rings (SSSR count). The van der Waals surface area contributed by atoms with E-state index >= 15 is 0 Å². The third-order valence-corrected chi connectivity index (χ3v) is 6.06. The van der Waals surface area contributed by atoms with Crippen LogP contribution in [0.25, 0.3) is 0 Å². The number of hydrogen-bond acceptors (Lipinski definition) is 5. The molecule has 0 amide bonds. The summed E-state index contributed by atoms with van der Waals surface area (Å²) in [6, 6.07) is 3.93. The molecule has 0 saturated heterocycles. The Morgan fingerprint density at radius 1 is 0.828 bits per heavy atom. The van der Waals surface area contributed by atoms with Crippen molar-refractivity contribution in [1.82, 2.24) is 0 Å². The molecule has 0 aliphatic carbocycles. The third-order valence-electron chi connectivity index (χ3n) is 3.88. The highest BCUT2D eigenvalue weighted by Crippen LogP contribution is 2.51. The summed E-state index contributed by atoms with van der Waals surface area (Å²) in [5.74, 6) is -8.92. The van der Waals surface area contributed by atoms with Crippen molar-refractivity contribution in [2.24, 2.45) is 0 Å². The maximum atomic E-state index is 14.0. The molecule has 0 unspecified atom stereocenters. The van der Waals surface area contributed by atoms with E-state index in [4.69, 9.17) is 4.55 Å². The van der Waals surface area contributed by atoms with Gasteiger partial charge in [-0.3, -0.25) is 4.55 Å². The van der Waals surface area contributed by atoms with Crippen molar-refractivity contribution in [3.05, 3.63) is 29.3 Å². The van der Waals surface area contributed by atoms with Gasteiger partial charge >= 0.3 is 36.7 Å². The fourth-order valence-electron chi connectivity index (χ4n) is 2.23. The number of rotatable bonds is 8. The average Bonchev–Trinajstić information content (AvgIpc) is 2.52. The fraction of sp³-hybridized carbons (Fsp3) is 0.600. The van der Waals surface area contributed by atoms with Crippen LogP contribution in [-0.4, -0.2) is 37.8 Å². The highest BCUT2D eigenvalue weighted by atomic mass is 32.2. The lowest BCUT2D eigenvalue weighted by Gasteiger charge is -2.30. The molecule has 0 aliphatic rings. The summed E-state index contributed by atoms with van der Waals surface area (Å²) in [5, 5.41) is -13.5. The second-order valence-electron chi connectivity index (χ2n) is 6.70. The van der Waals surface area contributed by atoms with Crippen LogP contribution in [0.5, 0.6) is 5.75 Å². The topological polar surface area (TPSA) is 97.7 Å². The van der Waals surface area contributed by atoms with Gasteiger partial charge in [-0.25, -0.2) is 0 Å². The minimum atomic E-state index is -7.10. The number of alkyl halides is 6. The van der Waals surface area contributed by atoms with E-state index in [1.165, 1.54) is 45.9 Å². The lowest BCUT2D eigenvalue weighted by Crippen LogP contribution is -2.61. The van der Waals surface area contributed by atoms with Gasteiger partial charge in [0, 0.05) is 0 Å². The molecule has 0 atom stereocenters. The maximum Gasteiger partial charge on any atom is 0.450 e. The first-order valence-corrected chi connectivity index (χ1v) is 10.7. The molecule has 14 heteroatoms. The van der Waals surface area contributed by atoms with Gasteiger partial charge in [0.25, 0.3) is 0 Å². The first-order valence-electron chi connectivity index (χ1n) is 7.89. The Bertz CT molecular complexity index is 945. The van der Waals surface area contributed by atoms with Crippen LogP contribution in [0, 0.1) is 0 Å². The van der Waals surface area contributed by atoms with Crippen LogP contribution in [0.1, 0.15) is 50.7 Å². The van der Waals surface area contributed by atoms with Crippen molar-refractivity contribution in [2.45, 2.75) is 56.0 Å². The Hall–Kier alpha value is -1.54. The molecule has 6 nitrogen and oxygen atoms in total. The van der Waals surface area contributed by atoms with Crippen LogP contribution >= 0.6 is 0 Å². The van der Waals surface area contributed by atoms with Gasteiger partial charge in [0.05, 0.1) is 0 Å². The Kier molecular flexibility index (Phi) is 6.69. The van der Waals surface area contributed by atoms with Crippen LogP contribution in [0.15, 0.2) is 18.2 Å². The molecule has 0 aromatic heterocycles. The second-order valence-corrected chi connectivity index (χ2v) is 9.75. The second kappa shape index (κ2) is 7.61. The summed E-state index contributed by atoms with van der Waals surface area (Å²) in [7, 11) is -14.0. The fourth-order valence-corrected chi connectivity index (χ4v) is 3.70. The zero-order valence-corrected chi connectivity index (χ0v) is 17.1. The van der Waals surface area contributed by atoms with Crippen LogP contribution in [-0.2, 0) is 20.2 Å². The number of halogens is 6. The van der Waals surface area contributed by atoms with E-state index in [1.807, 2.05) is 0 Å². The lowest BCUT2D eigenvalue weighted by atomic mass is 9.94. The SMILES string of the molecule is CC(C)c1cccc(C(C)C)c1OS(=O)(=O)C(F)(F)C(F)(F)C(F)(F)S(=O)(=O)O. The number of hydrogen-bond donors (Lipinski definition) is 1. The summed E-state index contributed by atoms with van der Waals surface area (Å²) >= 11 is 0. The predicted octanol–water partition coefficient (Wildman–Crippen LogP) is 4.35. The largest absolute Gasteiger partial charge is 0.450 e. The zero-order chi connectivity index (χ0) is 23.2. The van der Waals surface area contributed by atoms with Crippen LogP contribution in [0.3, 0.4) is 0 Å². The number of para-hydroxylation sites is 1. The molecule has 0 bridgehead atoms. The predicted molar refractivity (Wildman–Crippen MR) is 90.6 cm³/mol. The molecule has 1 N–H and O–H groups in total. The molecule has 0 radical (unpaired) electrons. The van der Waals surface area contributed by atoms with E-state index < -0.39 is 54.3 Å². The smallest absolute Gasteiger partial charge is 0.377 e. The molecule has 0 spiro atoms. The summed E-state index contributed by atoms with van der Waals surface area (Å²) in [5.41, 5.74) is 0.000799. The minimum Gasteiger partial charge on any atom is -0.377 e. The standard InChI is InChI=1S/C15H18F6O6S2/c1-8(2)10-6-5-7-11(9(3)4)12(10)27-29(25,26)15(20,21)13(16,17)14(18,19)28(22,23)24/h5-9H,1-4H3,(H,22,23,24). The molecule has 1 aromatic rings. The Morgan fingerprint density at radius 2 is 1.21 bits per heavy atom. The Balaban J connectivity index is 3.67. The van der Waals surface area contributed by atoms with Crippen molar-refractivity contribution in [1.29, 1.82) is 0 Å². The van der Waals surface area contributed by atoms with Gasteiger partial charge in [-0.15, -0.1) is 0 Å². The zero-order valence-electron chi connectivity index (χ0n) is 15.5. The first-order chi connectivity index (χ1) is 12.7. The highest BCUT2D eigenvalue weighted by molar-refractivity contribution is 7.88. The summed E-state index contributed by atoms with van der Waals surface area (Å²) in [6.45, 7) is 5.99. The van der Waals surface area contributed by atoms with Gasteiger partial charge in [0.15, 0.2) is 0 Å². The van der Waals surface area contributed by atoms with E-state index in [1.54, 1.807) is 0 Å². The van der Waals surface area contributed by atoms with Crippen LogP contribution < -0.4 is 4.18 Å². The van der Waals surface area contributed by atoms with Gasteiger partial charge in [0.1, 0.15) is 5.75 Å². The van der Waals surface area contributed by atoms with E-state index in [0.29, 0.717) is 0 Å². The van der Waals surface area contributed by atoms with Crippen LogP contribution in [0.4, 0.5) is 26.3 Å². The van der Waals surface area contributed by atoms with Crippen molar-refractivity contribution in [2.75, 3.05) is 0 Å². The molecule has 0 heterocycles. The van der Waals surface area contributed by atoms with Gasteiger partial charge in [-0.05, 0) is 23.0 Å². The van der Waals surface area contributed by atoms with E-state index in [-0.39, 0.29) is 11.1 Å². The van der Waals surface area contributed by atoms with Crippen molar-refractivity contribution < 1.29 is 51.9 Å². The maximum absolute atomic E-state index is 14.0. The molecular weight excluding hydrogens is 454 g/mol. The van der Waals surface area contributed by atoms with Crippen molar-refractivity contribution >= 4 is 20.2 Å². The van der Waals surface area contributed by atoms with Crippen molar-refractivity contribution in [3.63, 3.8) is 0 Å². The van der Waals surface area contributed by atoms with E-state index in [9.17, 15) is 43.2 Å². The van der Waals surface area contributed by atoms with Crippen LogP contribution in [0.2, 0.25) is 0 Å². The van der Waals surface area contributed by atoms with E-state index in [0.717, 1.165) is 0 Å². The Morgan fingerprint density at radius 3 is 1.52 bits per heavy atom. The summed E-state index contributed by atoms with van der Waals surface area (Å²) in [4.78, 5) is 0. The molecule has 0 fully saturated rings. The molecule has 0 aliphatic heterocycles. The molecule has 1 aromatic carbocycles. The van der Waals surface area contributed by atoms with Gasteiger partial charge in [-0.2, -0.15) is 43.2 Å². The van der Waals surface area contributed by atoms with Gasteiger partial charge in [-0.1, -0.05) is 45.9 Å². The minimum absolute atomic E-state index is 0.000399. The molecule has 0 saturated carbocycles. The quantitative estimate of drug-likeness (QED) is 0.343. The average molecular weight is 472 g/mol. The normalized spacial score (nSPS) is 14.5. The summed E-state index contributed by atoms with van der Waals surface area (Å²) < 4.78 is 139. The highest BCUT2D eigenvalue weighted by Gasteiger charge is 2.83. The van der Waals surface area contributed by atoms with Gasteiger partial charge < -0.3 is 4.18 Å². The molecule has 29 heavy (non-hydrogen) atoms. The number of benzene rings is 1. The lowest BCUT2D eigenvalue weighted by molar-refractivity contribution is -0.247. The van der Waals surface area contributed by atoms with E-state index in [2.05, 4.69) is 4.18 Å².